The zero-order valence-corrected chi connectivity index (χ0v) is 16.0. The zero-order valence-electron chi connectivity index (χ0n) is 16.0. The van der Waals surface area contributed by atoms with Crippen molar-refractivity contribution in [1.29, 1.82) is 0 Å². The molecule has 1 heterocycles. The summed E-state index contributed by atoms with van der Waals surface area (Å²) in [5.41, 5.74) is 6.35. The van der Waals surface area contributed by atoms with Crippen LogP contribution in [-0.2, 0) is 13.5 Å². The van der Waals surface area contributed by atoms with Gasteiger partial charge in [0.2, 0.25) is 0 Å². The quantitative estimate of drug-likeness (QED) is 0.748. The standard InChI is InChI=1S/C23H24N2O2/c1-15-14-25(2)22(21(15)17-8-11-18(27-3)12-9-17)23(26)24-20-13-10-16-6-4-5-7-19(16)20/h4-9,11-12,14,20H,10,13H2,1-3H3,(H,24,26). The monoisotopic (exact) mass is 360 g/mol. The Kier molecular flexibility index (Phi) is 4.48. The van der Waals surface area contributed by atoms with Gasteiger partial charge in [0.1, 0.15) is 11.4 Å². The van der Waals surface area contributed by atoms with E-state index in [-0.39, 0.29) is 11.9 Å². The molecule has 4 nitrogen and oxygen atoms in total. The average Bonchev–Trinajstić information content (AvgIpc) is 3.22. The summed E-state index contributed by atoms with van der Waals surface area (Å²) in [5, 5.41) is 3.25. The van der Waals surface area contributed by atoms with Gasteiger partial charge >= 0.3 is 0 Å². The van der Waals surface area contributed by atoms with Crippen molar-refractivity contribution in [1.82, 2.24) is 9.88 Å². The maximum absolute atomic E-state index is 13.2. The Labute approximate surface area is 159 Å². The van der Waals surface area contributed by atoms with Gasteiger partial charge in [0.25, 0.3) is 5.91 Å². The van der Waals surface area contributed by atoms with E-state index in [2.05, 4.69) is 23.5 Å². The van der Waals surface area contributed by atoms with Crippen LogP contribution >= 0.6 is 0 Å². The van der Waals surface area contributed by atoms with Crippen LogP contribution < -0.4 is 10.1 Å². The number of hydrogen-bond donors (Lipinski definition) is 1. The molecule has 1 aliphatic carbocycles. The second kappa shape index (κ2) is 6.95. The summed E-state index contributed by atoms with van der Waals surface area (Å²) in [5.74, 6) is 0.777. The van der Waals surface area contributed by atoms with Gasteiger partial charge in [-0.3, -0.25) is 4.79 Å². The first-order valence-corrected chi connectivity index (χ1v) is 9.27. The summed E-state index contributed by atoms with van der Waals surface area (Å²) in [6, 6.07) is 16.3. The Morgan fingerprint density at radius 3 is 2.63 bits per heavy atom. The second-order valence-electron chi connectivity index (χ2n) is 7.14. The lowest BCUT2D eigenvalue weighted by molar-refractivity contribution is 0.0929. The topological polar surface area (TPSA) is 43.3 Å². The lowest BCUT2D eigenvalue weighted by Gasteiger charge is -2.16. The third-order valence-electron chi connectivity index (χ3n) is 5.40. The van der Waals surface area contributed by atoms with Gasteiger partial charge in [-0.1, -0.05) is 36.4 Å². The molecular formula is C23H24N2O2. The summed E-state index contributed by atoms with van der Waals surface area (Å²) in [7, 11) is 3.58. The molecule has 1 amide bonds. The van der Waals surface area contributed by atoms with Crippen LogP contribution in [0.3, 0.4) is 0 Å². The van der Waals surface area contributed by atoms with Gasteiger partial charge in [-0.25, -0.2) is 0 Å². The molecule has 0 saturated carbocycles. The number of aromatic nitrogens is 1. The molecule has 0 radical (unpaired) electrons. The number of carbonyl (C=O) groups excluding carboxylic acids is 1. The Balaban J connectivity index is 1.66. The van der Waals surface area contributed by atoms with E-state index in [1.54, 1.807) is 7.11 Å². The third kappa shape index (κ3) is 3.12. The molecule has 0 aliphatic heterocycles. The van der Waals surface area contributed by atoms with E-state index in [1.165, 1.54) is 11.1 Å². The summed E-state index contributed by atoms with van der Waals surface area (Å²) >= 11 is 0. The first-order chi connectivity index (χ1) is 13.1. The van der Waals surface area contributed by atoms with Gasteiger partial charge in [-0.05, 0) is 54.2 Å². The second-order valence-corrected chi connectivity index (χ2v) is 7.14. The number of amides is 1. The van der Waals surface area contributed by atoms with Gasteiger partial charge in [-0.15, -0.1) is 0 Å². The van der Waals surface area contributed by atoms with E-state index in [4.69, 9.17) is 4.74 Å². The molecule has 27 heavy (non-hydrogen) atoms. The smallest absolute Gasteiger partial charge is 0.269 e. The van der Waals surface area contributed by atoms with Crippen LogP contribution in [-0.4, -0.2) is 17.6 Å². The maximum Gasteiger partial charge on any atom is 0.269 e. The molecule has 1 aromatic heterocycles. The largest absolute Gasteiger partial charge is 0.497 e. The molecule has 1 N–H and O–H groups in total. The van der Waals surface area contributed by atoms with Crippen LogP contribution in [0.4, 0.5) is 0 Å². The van der Waals surface area contributed by atoms with Crippen LogP contribution in [0, 0.1) is 6.92 Å². The lowest BCUT2D eigenvalue weighted by Crippen LogP contribution is -2.29. The minimum absolute atomic E-state index is 0.0295. The van der Waals surface area contributed by atoms with Crippen molar-refractivity contribution in [2.24, 2.45) is 7.05 Å². The van der Waals surface area contributed by atoms with Crippen molar-refractivity contribution in [3.05, 3.63) is 77.1 Å². The first kappa shape index (κ1) is 17.4. The molecule has 4 heteroatoms. The number of aryl methyl sites for hydroxylation is 3. The molecule has 138 valence electrons. The van der Waals surface area contributed by atoms with Crippen molar-refractivity contribution >= 4 is 5.91 Å². The highest BCUT2D eigenvalue weighted by molar-refractivity contribution is 6.00. The van der Waals surface area contributed by atoms with Crippen LogP contribution in [0.15, 0.2) is 54.7 Å². The van der Waals surface area contributed by atoms with Crippen LogP contribution in [0.5, 0.6) is 5.75 Å². The van der Waals surface area contributed by atoms with Crippen LogP contribution in [0.25, 0.3) is 11.1 Å². The molecule has 2 aromatic carbocycles. The predicted octanol–water partition coefficient (Wildman–Crippen LogP) is 4.43. The molecule has 1 atom stereocenters. The predicted molar refractivity (Wildman–Crippen MR) is 107 cm³/mol. The Bertz CT molecular complexity index is 986. The van der Waals surface area contributed by atoms with E-state index < -0.39 is 0 Å². The molecule has 0 bridgehead atoms. The normalized spacial score (nSPS) is 15.4. The fourth-order valence-electron chi connectivity index (χ4n) is 4.11. The van der Waals surface area contributed by atoms with Crippen molar-refractivity contribution in [2.75, 3.05) is 7.11 Å². The summed E-state index contributed by atoms with van der Waals surface area (Å²) in [4.78, 5) is 13.2. The number of rotatable bonds is 4. The highest BCUT2D eigenvalue weighted by Crippen LogP contribution is 2.33. The Hall–Kier alpha value is -3.01. The number of methoxy groups -OCH3 is 1. The van der Waals surface area contributed by atoms with E-state index in [0.717, 1.165) is 35.3 Å². The minimum atomic E-state index is -0.0295. The van der Waals surface area contributed by atoms with Gasteiger partial charge in [-0.2, -0.15) is 0 Å². The number of ether oxygens (including phenoxy) is 1. The number of benzene rings is 2. The average molecular weight is 360 g/mol. The Morgan fingerprint density at radius 1 is 1.15 bits per heavy atom. The van der Waals surface area contributed by atoms with Crippen molar-refractivity contribution in [2.45, 2.75) is 25.8 Å². The molecule has 4 rings (SSSR count). The van der Waals surface area contributed by atoms with Gasteiger partial charge in [0.05, 0.1) is 13.2 Å². The maximum atomic E-state index is 13.2. The zero-order chi connectivity index (χ0) is 19.0. The highest BCUT2D eigenvalue weighted by atomic mass is 16.5. The van der Waals surface area contributed by atoms with Gasteiger partial charge < -0.3 is 14.6 Å². The van der Waals surface area contributed by atoms with E-state index in [1.807, 2.05) is 55.1 Å². The number of nitrogens with one attached hydrogen (secondary N) is 1. The van der Waals surface area contributed by atoms with Crippen molar-refractivity contribution in [3.8, 4) is 16.9 Å². The van der Waals surface area contributed by atoms with Crippen LogP contribution in [0.2, 0.25) is 0 Å². The molecule has 3 aromatic rings. The molecule has 1 aliphatic rings. The number of nitrogens with zero attached hydrogens (tertiary/aromatic N) is 1. The van der Waals surface area contributed by atoms with Gasteiger partial charge in [0, 0.05) is 18.8 Å². The third-order valence-corrected chi connectivity index (χ3v) is 5.40. The molecule has 0 spiro atoms. The first-order valence-electron chi connectivity index (χ1n) is 9.27. The summed E-state index contributed by atoms with van der Waals surface area (Å²) < 4.78 is 7.18. The minimum Gasteiger partial charge on any atom is -0.497 e. The molecule has 0 saturated heterocycles. The highest BCUT2D eigenvalue weighted by Gasteiger charge is 2.27. The fourth-order valence-corrected chi connectivity index (χ4v) is 4.11. The van der Waals surface area contributed by atoms with E-state index >= 15 is 0 Å². The van der Waals surface area contributed by atoms with Crippen molar-refractivity contribution < 1.29 is 9.53 Å². The number of hydrogen-bond acceptors (Lipinski definition) is 2. The Morgan fingerprint density at radius 2 is 1.89 bits per heavy atom. The van der Waals surface area contributed by atoms with E-state index in [0.29, 0.717) is 5.69 Å². The molecule has 1 unspecified atom stereocenters. The summed E-state index contributed by atoms with van der Waals surface area (Å²) in [6.45, 7) is 2.04. The lowest BCUT2D eigenvalue weighted by atomic mass is 10.0. The van der Waals surface area contributed by atoms with E-state index in [9.17, 15) is 4.79 Å². The van der Waals surface area contributed by atoms with Crippen molar-refractivity contribution in [3.63, 3.8) is 0 Å². The molecule has 0 fully saturated rings. The van der Waals surface area contributed by atoms with Gasteiger partial charge in [0.15, 0.2) is 0 Å². The fraction of sp³-hybridized carbons (Fsp3) is 0.261. The number of fused-ring (bicyclic) bond motifs is 1. The number of carbonyl (C=O) groups is 1. The SMILES string of the molecule is COc1ccc(-c2c(C)cn(C)c2C(=O)NC2CCc3ccccc32)cc1. The molecular weight excluding hydrogens is 336 g/mol. The van der Waals surface area contributed by atoms with Crippen LogP contribution in [0.1, 0.15) is 39.6 Å². The summed E-state index contributed by atoms with van der Waals surface area (Å²) in [6.07, 6.45) is 3.97.